The second-order valence-corrected chi connectivity index (χ2v) is 9.79. The van der Waals surface area contributed by atoms with E-state index in [0.717, 1.165) is 54.3 Å². The molecular weight excluding hydrogens is 468 g/mol. The summed E-state index contributed by atoms with van der Waals surface area (Å²) in [6.07, 6.45) is 3.26. The zero-order valence-electron chi connectivity index (χ0n) is 21.8. The molecule has 1 amide bonds. The normalized spacial score (nSPS) is 15.8. The summed E-state index contributed by atoms with van der Waals surface area (Å²) in [5.41, 5.74) is 2.79. The Hall–Kier alpha value is -3.81. The molecule has 194 valence electrons. The fraction of sp³-hybridized carbons (Fsp3) is 0.414. The minimum atomic E-state index is 0.0697. The lowest BCUT2D eigenvalue weighted by Gasteiger charge is -2.33. The second kappa shape index (κ2) is 11.1. The number of piperidine rings is 1. The van der Waals surface area contributed by atoms with Gasteiger partial charge in [-0.1, -0.05) is 19.1 Å². The van der Waals surface area contributed by atoms with Crippen LogP contribution < -0.4 is 19.1 Å². The van der Waals surface area contributed by atoms with Gasteiger partial charge in [-0.3, -0.25) is 4.79 Å². The largest absolute Gasteiger partial charge is 0.497 e. The number of carbonyl (C=O) groups is 1. The summed E-state index contributed by atoms with van der Waals surface area (Å²) in [7, 11) is 3.27. The maximum Gasteiger partial charge on any atom is 0.229 e. The van der Waals surface area contributed by atoms with E-state index in [0.29, 0.717) is 49.4 Å². The third kappa shape index (κ3) is 5.79. The van der Waals surface area contributed by atoms with Crippen molar-refractivity contribution in [3.63, 3.8) is 0 Å². The lowest BCUT2D eigenvalue weighted by atomic mass is 9.99. The molecule has 3 aromatic rings. The highest BCUT2D eigenvalue weighted by Crippen LogP contribution is 2.33. The number of aromatic nitrogens is 2. The fourth-order valence-corrected chi connectivity index (χ4v) is 4.80. The molecule has 2 aliphatic rings. The number of ether oxygens (including phenoxy) is 3. The molecule has 37 heavy (non-hydrogen) atoms. The minimum Gasteiger partial charge on any atom is -0.497 e. The van der Waals surface area contributed by atoms with Gasteiger partial charge in [0, 0.05) is 26.1 Å². The van der Waals surface area contributed by atoms with Crippen LogP contribution in [0.2, 0.25) is 0 Å². The van der Waals surface area contributed by atoms with Crippen LogP contribution in [0.25, 0.3) is 0 Å². The molecule has 0 aliphatic carbocycles. The molecule has 8 nitrogen and oxygen atoms in total. The van der Waals surface area contributed by atoms with Crippen LogP contribution in [0, 0.1) is 5.92 Å². The van der Waals surface area contributed by atoms with E-state index < -0.39 is 0 Å². The van der Waals surface area contributed by atoms with Crippen LogP contribution >= 0.6 is 0 Å². The molecule has 5 rings (SSSR count). The van der Waals surface area contributed by atoms with E-state index in [2.05, 4.69) is 11.8 Å². The number of methoxy groups -OCH3 is 2. The first-order valence-corrected chi connectivity index (χ1v) is 12.9. The van der Waals surface area contributed by atoms with Gasteiger partial charge in [-0.25, -0.2) is 4.98 Å². The van der Waals surface area contributed by atoms with Crippen LogP contribution in [-0.4, -0.2) is 54.6 Å². The monoisotopic (exact) mass is 502 g/mol. The lowest BCUT2D eigenvalue weighted by Crippen LogP contribution is -2.39. The molecule has 0 bridgehead atoms. The zero-order chi connectivity index (χ0) is 25.8. The Morgan fingerprint density at radius 2 is 1.51 bits per heavy atom. The van der Waals surface area contributed by atoms with Gasteiger partial charge in [0.05, 0.1) is 38.4 Å². The summed E-state index contributed by atoms with van der Waals surface area (Å²) < 4.78 is 16.8. The molecule has 2 aliphatic heterocycles. The quantitative estimate of drug-likeness (QED) is 0.465. The number of hydrogen-bond acceptors (Lipinski definition) is 7. The Bertz CT molecular complexity index is 1220. The van der Waals surface area contributed by atoms with Crippen molar-refractivity contribution in [1.82, 2.24) is 14.9 Å². The van der Waals surface area contributed by atoms with E-state index in [1.54, 1.807) is 14.2 Å². The van der Waals surface area contributed by atoms with Crippen LogP contribution in [0.5, 0.6) is 23.1 Å². The number of anilines is 1. The summed E-state index contributed by atoms with van der Waals surface area (Å²) in [6, 6.07) is 15.1. The molecule has 0 spiro atoms. The van der Waals surface area contributed by atoms with Crippen molar-refractivity contribution >= 4 is 11.9 Å². The van der Waals surface area contributed by atoms with Crippen molar-refractivity contribution in [3.05, 3.63) is 65.4 Å². The highest BCUT2D eigenvalue weighted by Gasteiger charge is 2.28. The van der Waals surface area contributed by atoms with E-state index in [1.165, 1.54) is 0 Å². The maximum atomic E-state index is 13.2. The molecule has 3 heterocycles. The number of carbonyl (C=O) groups excluding carboxylic acids is 1. The third-order valence-electron chi connectivity index (χ3n) is 7.22. The Morgan fingerprint density at radius 3 is 2.16 bits per heavy atom. The van der Waals surface area contributed by atoms with Crippen LogP contribution in [0.4, 0.5) is 5.95 Å². The van der Waals surface area contributed by atoms with Crippen molar-refractivity contribution < 1.29 is 19.0 Å². The number of amides is 1. The van der Waals surface area contributed by atoms with E-state index in [4.69, 9.17) is 24.2 Å². The van der Waals surface area contributed by atoms with Crippen molar-refractivity contribution in [2.45, 2.75) is 39.2 Å². The number of benzene rings is 2. The highest BCUT2D eigenvalue weighted by atomic mass is 16.5. The van der Waals surface area contributed by atoms with Gasteiger partial charge < -0.3 is 24.0 Å². The molecule has 8 heteroatoms. The predicted molar refractivity (Wildman–Crippen MR) is 142 cm³/mol. The molecular formula is C29H34N4O4. The minimum absolute atomic E-state index is 0.0697. The zero-order valence-corrected chi connectivity index (χ0v) is 21.8. The van der Waals surface area contributed by atoms with Gasteiger partial charge in [0.25, 0.3) is 0 Å². The van der Waals surface area contributed by atoms with Crippen molar-refractivity contribution in [3.8, 4) is 23.1 Å². The summed E-state index contributed by atoms with van der Waals surface area (Å²) >= 11 is 0. The average molecular weight is 503 g/mol. The third-order valence-corrected chi connectivity index (χ3v) is 7.22. The molecule has 1 aromatic heterocycles. The number of rotatable bonds is 7. The Morgan fingerprint density at radius 1 is 0.892 bits per heavy atom. The highest BCUT2D eigenvalue weighted by molar-refractivity contribution is 5.79. The predicted octanol–water partition coefficient (Wildman–Crippen LogP) is 4.65. The Balaban J connectivity index is 1.39. The van der Waals surface area contributed by atoms with Gasteiger partial charge in [-0.15, -0.1) is 0 Å². The molecule has 0 unspecified atom stereocenters. The SMILES string of the molecule is COc1ccc(CC(=O)N2CCc3nc(N4CCC(C)CC4)nc(Oc4ccc(OC)cc4)c3C2)cc1. The van der Waals surface area contributed by atoms with E-state index in [-0.39, 0.29) is 5.91 Å². The van der Waals surface area contributed by atoms with Crippen molar-refractivity contribution in [1.29, 1.82) is 0 Å². The number of hydrogen-bond donors (Lipinski definition) is 0. The van der Waals surface area contributed by atoms with E-state index in [9.17, 15) is 4.79 Å². The number of nitrogens with zero attached hydrogens (tertiary/aromatic N) is 4. The molecule has 0 atom stereocenters. The van der Waals surface area contributed by atoms with Crippen LogP contribution in [0.15, 0.2) is 48.5 Å². The molecule has 0 saturated carbocycles. The maximum absolute atomic E-state index is 13.2. The van der Waals surface area contributed by atoms with Gasteiger partial charge in [0.2, 0.25) is 17.7 Å². The first-order chi connectivity index (χ1) is 18.0. The molecule has 0 radical (unpaired) electrons. The van der Waals surface area contributed by atoms with Gasteiger partial charge >= 0.3 is 0 Å². The topological polar surface area (TPSA) is 77.0 Å². The summed E-state index contributed by atoms with van der Waals surface area (Å²) in [6.45, 7) is 5.22. The molecule has 2 aromatic carbocycles. The molecule has 0 N–H and O–H groups in total. The molecule has 1 fully saturated rings. The average Bonchev–Trinajstić information content (AvgIpc) is 2.94. The Kier molecular flexibility index (Phi) is 7.44. The number of fused-ring (bicyclic) bond motifs is 1. The van der Waals surface area contributed by atoms with E-state index >= 15 is 0 Å². The van der Waals surface area contributed by atoms with Gasteiger partial charge in [0.1, 0.15) is 17.2 Å². The van der Waals surface area contributed by atoms with Gasteiger partial charge in [-0.05, 0) is 60.7 Å². The second-order valence-electron chi connectivity index (χ2n) is 9.79. The Labute approximate surface area is 218 Å². The standard InChI is InChI=1S/C29H34N4O4/c1-20-12-15-32(16-13-20)29-30-26-14-17-33(27(34)18-21-4-6-22(35-2)7-5-21)19-25(26)28(31-29)37-24-10-8-23(36-3)9-11-24/h4-11,20H,12-19H2,1-3H3. The smallest absolute Gasteiger partial charge is 0.229 e. The van der Waals surface area contributed by atoms with Crippen LogP contribution in [-0.2, 0) is 24.2 Å². The van der Waals surface area contributed by atoms with Gasteiger partial charge in [0.15, 0.2) is 0 Å². The summed E-state index contributed by atoms with van der Waals surface area (Å²) in [5.74, 6) is 4.23. The fourth-order valence-electron chi connectivity index (χ4n) is 4.80. The van der Waals surface area contributed by atoms with Crippen LogP contribution in [0.1, 0.15) is 36.6 Å². The first-order valence-electron chi connectivity index (χ1n) is 12.9. The van der Waals surface area contributed by atoms with Gasteiger partial charge in [-0.2, -0.15) is 4.98 Å². The van der Waals surface area contributed by atoms with Crippen molar-refractivity contribution in [2.75, 3.05) is 38.8 Å². The lowest BCUT2D eigenvalue weighted by molar-refractivity contribution is -0.131. The first kappa shape index (κ1) is 24.9. The summed E-state index contributed by atoms with van der Waals surface area (Å²) in [5, 5.41) is 0. The van der Waals surface area contributed by atoms with Crippen molar-refractivity contribution in [2.24, 2.45) is 5.92 Å². The summed E-state index contributed by atoms with van der Waals surface area (Å²) in [4.78, 5) is 27.2. The van der Waals surface area contributed by atoms with E-state index in [1.807, 2.05) is 53.4 Å². The molecule has 1 saturated heterocycles. The van der Waals surface area contributed by atoms with Crippen LogP contribution in [0.3, 0.4) is 0 Å².